The van der Waals surface area contributed by atoms with Gasteiger partial charge in [0.2, 0.25) is 0 Å². The highest BCUT2D eigenvalue weighted by atomic mass is 32.3. The van der Waals surface area contributed by atoms with E-state index in [2.05, 4.69) is 135 Å². The summed E-state index contributed by atoms with van der Waals surface area (Å²) in [6, 6.07) is 26.2. The molecule has 2 nitrogen and oxygen atoms in total. The molecule has 0 aliphatic heterocycles. The van der Waals surface area contributed by atoms with Crippen molar-refractivity contribution < 1.29 is 8.98 Å². The Balaban J connectivity index is 2.32. The Morgan fingerprint density at radius 1 is 0.568 bits per heavy atom. The van der Waals surface area contributed by atoms with Gasteiger partial charge in [-0.25, -0.2) is 0 Å². The smallest absolute Gasteiger partial charge is 0.317 e. The molecule has 0 aliphatic carbocycles. The molecule has 37 heavy (non-hydrogen) atoms. The third kappa shape index (κ3) is 6.49. The molecule has 0 amide bonds. The number of benzene rings is 3. The minimum atomic E-state index is -2.29. The molecule has 0 aromatic heterocycles. The van der Waals surface area contributed by atoms with Gasteiger partial charge in [-0.05, 0) is 86.1 Å². The Kier molecular flexibility index (Phi) is 8.39. The Morgan fingerprint density at radius 3 is 1.05 bits per heavy atom. The summed E-state index contributed by atoms with van der Waals surface area (Å²) in [7, 11) is -2.29. The van der Waals surface area contributed by atoms with Gasteiger partial charge < -0.3 is 4.18 Å². The molecule has 3 aromatic rings. The van der Waals surface area contributed by atoms with Crippen LogP contribution in [0.15, 0.2) is 87.5 Å². The predicted octanol–water partition coefficient (Wildman–Crippen LogP) is 10.1. The fourth-order valence-corrected chi connectivity index (χ4v) is 7.40. The maximum atomic E-state index is 13.3. The van der Waals surface area contributed by atoms with Crippen LogP contribution in [-0.2, 0) is 25.2 Å². The molecule has 0 unspecified atom stereocenters. The van der Waals surface area contributed by atoms with Crippen LogP contribution in [-0.4, -0.2) is 5.97 Å². The summed E-state index contributed by atoms with van der Waals surface area (Å²) >= 11 is 0. The van der Waals surface area contributed by atoms with Gasteiger partial charge in [-0.3, -0.25) is 4.79 Å². The second-order valence-corrected chi connectivity index (χ2v) is 15.8. The maximum Gasteiger partial charge on any atom is 0.317 e. The molecular formula is C34H46O2S. The monoisotopic (exact) mass is 518 g/mol. The Labute approximate surface area is 227 Å². The van der Waals surface area contributed by atoms with Gasteiger partial charge in [-0.2, -0.15) is 0 Å². The molecule has 3 heteroatoms. The molecule has 0 spiro atoms. The average Bonchev–Trinajstić information content (AvgIpc) is 2.81. The van der Waals surface area contributed by atoms with Gasteiger partial charge >= 0.3 is 5.97 Å². The third-order valence-corrected chi connectivity index (χ3v) is 10.1. The van der Waals surface area contributed by atoms with Crippen LogP contribution in [0, 0.1) is 0 Å². The van der Waals surface area contributed by atoms with E-state index in [0.717, 1.165) is 21.1 Å². The van der Waals surface area contributed by atoms with Gasteiger partial charge in [0.1, 0.15) is 0 Å². The van der Waals surface area contributed by atoms with E-state index < -0.39 is 10.3 Å². The lowest BCUT2D eigenvalue weighted by atomic mass is 9.87. The minimum Gasteiger partial charge on any atom is -0.402 e. The molecule has 3 rings (SSSR count). The summed E-state index contributed by atoms with van der Waals surface area (Å²) in [5.41, 5.74) is 3.90. The Morgan fingerprint density at radius 2 is 0.838 bits per heavy atom. The molecular weight excluding hydrogens is 472 g/mol. The number of carbonyl (C=O) groups excluding carboxylic acids is 1. The number of hydrogen-bond donors (Lipinski definition) is 0. The molecule has 3 aromatic carbocycles. The SMILES string of the molecule is CCCC(=O)OS(c1ccc(C(C)(C)C)cc1)(c1ccc(C(C)(C)C)cc1)c1ccc(C(C)(C)C)cc1. The van der Waals surface area contributed by atoms with Crippen LogP contribution in [0.25, 0.3) is 0 Å². The van der Waals surface area contributed by atoms with Gasteiger partial charge in [0, 0.05) is 21.1 Å². The first-order valence-electron chi connectivity index (χ1n) is 13.5. The van der Waals surface area contributed by atoms with Crippen LogP contribution < -0.4 is 0 Å². The molecule has 0 bridgehead atoms. The van der Waals surface area contributed by atoms with Gasteiger partial charge in [-0.1, -0.05) is 106 Å². The summed E-state index contributed by atoms with van der Waals surface area (Å²) in [6.07, 6.45) is 1.15. The Bertz CT molecular complexity index is 1040. The van der Waals surface area contributed by atoms with Gasteiger partial charge in [0.05, 0.1) is 0 Å². The topological polar surface area (TPSA) is 26.3 Å². The van der Waals surface area contributed by atoms with Crippen molar-refractivity contribution >= 4 is 16.3 Å². The number of carbonyl (C=O) groups is 1. The third-order valence-electron chi connectivity index (χ3n) is 6.83. The molecule has 200 valence electrons. The average molecular weight is 519 g/mol. The summed E-state index contributed by atoms with van der Waals surface area (Å²) < 4.78 is 6.66. The van der Waals surface area contributed by atoms with E-state index in [9.17, 15) is 4.79 Å². The molecule has 0 heterocycles. The first-order chi connectivity index (χ1) is 17.1. The predicted molar refractivity (Wildman–Crippen MR) is 159 cm³/mol. The van der Waals surface area contributed by atoms with Crippen molar-refractivity contribution in [2.24, 2.45) is 0 Å². The van der Waals surface area contributed by atoms with Gasteiger partial charge in [0.25, 0.3) is 0 Å². The van der Waals surface area contributed by atoms with E-state index in [4.69, 9.17) is 4.18 Å². The summed E-state index contributed by atoms with van der Waals surface area (Å²) in [6.45, 7) is 22.0. The molecule has 0 aliphatic rings. The minimum absolute atomic E-state index is 0.0398. The molecule has 0 atom stereocenters. The zero-order valence-electron chi connectivity index (χ0n) is 24.6. The fourth-order valence-electron chi connectivity index (χ4n) is 4.38. The van der Waals surface area contributed by atoms with Crippen molar-refractivity contribution in [1.82, 2.24) is 0 Å². The largest absolute Gasteiger partial charge is 0.402 e. The van der Waals surface area contributed by atoms with Crippen molar-refractivity contribution in [1.29, 1.82) is 0 Å². The van der Waals surface area contributed by atoms with Crippen molar-refractivity contribution in [3.8, 4) is 0 Å². The van der Waals surface area contributed by atoms with Crippen LogP contribution in [0.5, 0.6) is 0 Å². The second kappa shape index (κ2) is 10.7. The quantitative estimate of drug-likeness (QED) is 0.324. The second-order valence-electron chi connectivity index (χ2n) is 13.1. The maximum absolute atomic E-state index is 13.3. The summed E-state index contributed by atoms with van der Waals surface area (Å²) in [5.74, 6) is -0.155. The lowest BCUT2D eigenvalue weighted by Crippen LogP contribution is -2.16. The highest BCUT2D eigenvalue weighted by Gasteiger charge is 2.36. The molecule has 0 saturated carbocycles. The van der Waals surface area contributed by atoms with Crippen LogP contribution in [0.4, 0.5) is 0 Å². The molecule has 0 N–H and O–H groups in total. The van der Waals surface area contributed by atoms with E-state index in [1.54, 1.807) is 0 Å². The van der Waals surface area contributed by atoms with E-state index in [1.165, 1.54) is 16.7 Å². The molecule has 0 radical (unpaired) electrons. The molecule has 0 saturated heterocycles. The van der Waals surface area contributed by atoms with E-state index in [-0.39, 0.29) is 22.2 Å². The first-order valence-corrected chi connectivity index (χ1v) is 15.0. The van der Waals surface area contributed by atoms with E-state index in [0.29, 0.717) is 6.42 Å². The Hall–Kier alpha value is -2.52. The number of hydrogen-bond acceptors (Lipinski definition) is 2. The van der Waals surface area contributed by atoms with Crippen LogP contribution in [0.2, 0.25) is 0 Å². The zero-order chi connectivity index (χ0) is 27.6. The van der Waals surface area contributed by atoms with Gasteiger partial charge in [0.15, 0.2) is 0 Å². The van der Waals surface area contributed by atoms with Crippen molar-refractivity contribution in [3.63, 3.8) is 0 Å². The van der Waals surface area contributed by atoms with E-state index in [1.807, 2.05) is 6.92 Å². The lowest BCUT2D eigenvalue weighted by Gasteiger charge is -2.40. The van der Waals surface area contributed by atoms with Crippen molar-refractivity contribution in [2.45, 2.75) is 113 Å². The van der Waals surface area contributed by atoms with Crippen LogP contribution in [0.1, 0.15) is 98.8 Å². The zero-order valence-corrected chi connectivity index (χ0v) is 25.4. The fraction of sp³-hybridized carbons (Fsp3) is 0.441. The highest BCUT2D eigenvalue weighted by molar-refractivity contribution is 8.30. The normalized spacial score (nSPS) is 13.4. The van der Waals surface area contributed by atoms with Gasteiger partial charge in [-0.15, -0.1) is 0 Å². The van der Waals surface area contributed by atoms with Crippen molar-refractivity contribution in [3.05, 3.63) is 89.5 Å². The summed E-state index contributed by atoms with van der Waals surface area (Å²) in [4.78, 5) is 16.4. The lowest BCUT2D eigenvalue weighted by molar-refractivity contribution is -0.133. The van der Waals surface area contributed by atoms with E-state index >= 15 is 0 Å². The standard InChI is InChI=1S/C34H46O2S/c1-11-12-31(35)36-37(28-19-13-25(14-20-28)32(2,3)4,29-21-15-26(16-22-29)33(5,6)7)30-23-17-27(18-24-30)34(8,9)10/h13-24H,11-12H2,1-10H3. The number of rotatable bonds is 6. The van der Waals surface area contributed by atoms with Crippen molar-refractivity contribution in [2.75, 3.05) is 0 Å². The molecule has 0 fully saturated rings. The van der Waals surface area contributed by atoms with Crippen LogP contribution in [0.3, 0.4) is 0 Å². The summed E-state index contributed by atoms with van der Waals surface area (Å²) in [5, 5.41) is 0. The first kappa shape index (κ1) is 29.0. The van der Waals surface area contributed by atoms with Crippen LogP contribution >= 0.6 is 10.3 Å². The highest BCUT2D eigenvalue weighted by Crippen LogP contribution is 2.69.